The van der Waals surface area contributed by atoms with E-state index in [4.69, 9.17) is 28.0 Å². The number of carbonyl (C=O) groups is 1. The number of nitrogens with one attached hydrogen (secondary N) is 1. The predicted molar refractivity (Wildman–Crippen MR) is 196 cm³/mol. The maximum atomic E-state index is 13.4. The average molecular weight is 757 g/mol. The molecule has 0 radical (unpaired) electrons. The molecular weight excluding hydrogens is 720 g/mol. The first-order valence-corrected chi connectivity index (χ1v) is 17.9. The second kappa shape index (κ2) is 15.2. The molecule has 8 rings (SSSR count). The molecule has 1 fully saturated rings. The van der Waals surface area contributed by atoms with Crippen LogP contribution in [0.2, 0.25) is 0 Å². The molecule has 4 aromatic carbocycles. The lowest BCUT2D eigenvalue weighted by atomic mass is 9.91. The number of aromatic nitrogens is 2. The van der Waals surface area contributed by atoms with Crippen LogP contribution in [0.15, 0.2) is 81.7 Å². The summed E-state index contributed by atoms with van der Waals surface area (Å²) in [7, 11) is 0. The van der Waals surface area contributed by atoms with Gasteiger partial charge >= 0.3 is 19.2 Å². The molecule has 1 atom stereocenters. The summed E-state index contributed by atoms with van der Waals surface area (Å²) >= 11 is 0. The topological polar surface area (TPSA) is 112 Å². The van der Waals surface area contributed by atoms with Gasteiger partial charge in [0.2, 0.25) is 11.8 Å². The van der Waals surface area contributed by atoms with Gasteiger partial charge in [-0.2, -0.15) is 17.6 Å². The molecule has 1 saturated heterocycles. The van der Waals surface area contributed by atoms with Gasteiger partial charge in [-0.3, -0.25) is 9.69 Å². The third kappa shape index (κ3) is 7.51. The van der Waals surface area contributed by atoms with Crippen molar-refractivity contribution >= 4 is 28.2 Å². The summed E-state index contributed by atoms with van der Waals surface area (Å²) in [5, 5.41) is 3.06. The van der Waals surface area contributed by atoms with Crippen LogP contribution in [0.4, 0.5) is 17.6 Å². The maximum absolute atomic E-state index is 13.4. The largest absolute Gasteiger partial charge is 0.460 e. The van der Waals surface area contributed by atoms with Crippen molar-refractivity contribution in [3.05, 3.63) is 95.1 Å². The van der Waals surface area contributed by atoms with Crippen molar-refractivity contribution in [2.24, 2.45) is 0 Å². The molecule has 2 aliphatic heterocycles. The van der Waals surface area contributed by atoms with Crippen LogP contribution >= 0.6 is 0 Å². The molecule has 14 heteroatoms. The highest BCUT2D eigenvalue weighted by Gasteiger charge is 2.25. The molecule has 0 bridgehead atoms. The zero-order chi connectivity index (χ0) is 38.2. The van der Waals surface area contributed by atoms with Crippen LogP contribution in [0, 0.1) is 13.8 Å². The summed E-state index contributed by atoms with van der Waals surface area (Å²) in [6.45, 7) is 0.0537. The standard InChI is InChI=1S/C41H36F4N4O6/c1-22-26(8-5-10-28(22)37-47-31-16-24(20-49-14-3-4-15-49)33(54-40(42)43)18-35(31)52-37)27-9-6-11-29(23(27)2)38-48-32-17-25(21-51-39(50)30-12-7-13-46-30)34(55-41(44)45)19-36(32)53-38/h3-6,8-11,16-19,30,40-41,46H,7,12-15,20-21H2,1-2H3/t30-/m0/s1. The first-order valence-electron chi connectivity index (χ1n) is 17.9. The van der Waals surface area contributed by atoms with Gasteiger partial charge in [0.25, 0.3) is 0 Å². The Morgan fingerprint density at radius 3 is 1.85 bits per heavy atom. The minimum Gasteiger partial charge on any atom is -0.460 e. The Bertz CT molecular complexity index is 2410. The molecule has 2 aliphatic rings. The average Bonchev–Trinajstić information content (AvgIpc) is 3.99. The molecule has 2 aromatic heterocycles. The summed E-state index contributed by atoms with van der Waals surface area (Å²) in [5.41, 5.74) is 7.10. The van der Waals surface area contributed by atoms with E-state index in [1.165, 1.54) is 18.2 Å². The summed E-state index contributed by atoms with van der Waals surface area (Å²) < 4.78 is 81.0. The highest BCUT2D eigenvalue weighted by molar-refractivity contribution is 5.85. The van der Waals surface area contributed by atoms with Crippen LogP contribution in [0.25, 0.3) is 56.2 Å². The second-order valence-corrected chi connectivity index (χ2v) is 13.5. The van der Waals surface area contributed by atoms with E-state index in [0.717, 1.165) is 28.7 Å². The van der Waals surface area contributed by atoms with Gasteiger partial charge in [-0.05, 0) is 79.8 Å². The Labute approximate surface area is 312 Å². The van der Waals surface area contributed by atoms with Crippen molar-refractivity contribution in [2.75, 3.05) is 19.6 Å². The molecule has 0 amide bonds. The number of nitrogens with zero attached hydrogens (tertiary/aromatic N) is 3. The second-order valence-electron chi connectivity index (χ2n) is 13.5. The van der Waals surface area contributed by atoms with Gasteiger partial charge in [0.1, 0.15) is 35.2 Å². The van der Waals surface area contributed by atoms with Gasteiger partial charge in [-0.25, -0.2) is 9.97 Å². The van der Waals surface area contributed by atoms with Crippen LogP contribution in [0.3, 0.4) is 0 Å². The first-order chi connectivity index (χ1) is 26.6. The Kier molecular flexibility index (Phi) is 10.0. The fourth-order valence-corrected chi connectivity index (χ4v) is 7.22. The van der Waals surface area contributed by atoms with E-state index >= 15 is 0 Å². The minimum atomic E-state index is -3.11. The molecule has 55 heavy (non-hydrogen) atoms. The lowest BCUT2D eigenvalue weighted by Gasteiger charge is -2.17. The molecule has 284 valence electrons. The van der Waals surface area contributed by atoms with E-state index in [0.29, 0.717) is 71.8 Å². The summed E-state index contributed by atoms with van der Waals surface area (Å²) in [6, 6.07) is 17.1. The van der Waals surface area contributed by atoms with E-state index in [1.807, 2.05) is 62.4 Å². The minimum absolute atomic E-state index is 0.0449. The normalized spacial score (nSPS) is 16.0. The van der Waals surface area contributed by atoms with Crippen molar-refractivity contribution in [3.8, 4) is 45.5 Å². The number of halogens is 4. The Balaban J connectivity index is 1.11. The molecule has 6 aromatic rings. The molecule has 0 aliphatic carbocycles. The van der Waals surface area contributed by atoms with Gasteiger partial charge in [0, 0.05) is 54.0 Å². The molecule has 0 spiro atoms. The van der Waals surface area contributed by atoms with Crippen LogP contribution < -0.4 is 14.8 Å². The van der Waals surface area contributed by atoms with Crippen molar-refractivity contribution in [2.45, 2.75) is 59.1 Å². The van der Waals surface area contributed by atoms with Crippen LogP contribution in [0.1, 0.15) is 35.1 Å². The zero-order valence-electron chi connectivity index (χ0n) is 29.9. The van der Waals surface area contributed by atoms with Crippen molar-refractivity contribution in [3.63, 3.8) is 0 Å². The molecular formula is C41H36F4N4O6. The monoisotopic (exact) mass is 756 g/mol. The smallest absolute Gasteiger partial charge is 0.387 e. The third-order valence-electron chi connectivity index (χ3n) is 9.99. The van der Waals surface area contributed by atoms with E-state index in [-0.39, 0.29) is 35.1 Å². The van der Waals surface area contributed by atoms with E-state index in [1.54, 1.807) is 6.07 Å². The lowest BCUT2D eigenvalue weighted by molar-refractivity contribution is -0.147. The quantitative estimate of drug-likeness (QED) is 0.0738. The van der Waals surface area contributed by atoms with Crippen LogP contribution in [-0.4, -0.2) is 59.7 Å². The zero-order valence-corrected chi connectivity index (χ0v) is 29.9. The fraction of sp³-hybridized carbons (Fsp3) is 0.293. The number of hydrogen-bond acceptors (Lipinski definition) is 10. The molecule has 1 N–H and O–H groups in total. The first kappa shape index (κ1) is 36.3. The number of benzene rings is 4. The van der Waals surface area contributed by atoms with Gasteiger partial charge < -0.3 is 28.4 Å². The van der Waals surface area contributed by atoms with Crippen LogP contribution in [-0.2, 0) is 22.7 Å². The summed E-state index contributed by atoms with van der Waals surface area (Å²) in [4.78, 5) is 24.1. The number of fused-ring (bicyclic) bond motifs is 2. The van der Waals surface area contributed by atoms with Crippen LogP contribution in [0.5, 0.6) is 11.5 Å². The van der Waals surface area contributed by atoms with Gasteiger partial charge in [0.05, 0.1) is 0 Å². The number of hydrogen-bond donors (Lipinski definition) is 1. The molecule has 4 heterocycles. The predicted octanol–water partition coefficient (Wildman–Crippen LogP) is 8.96. The Hall–Kier alpha value is -5.73. The van der Waals surface area contributed by atoms with Gasteiger partial charge in [0.15, 0.2) is 11.2 Å². The van der Waals surface area contributed by atoms with Crippen molar-refractivity contribution in [1.29, 1.82) is 0 Å². The Morgan fingerprint density at radius 1 is 0.800 bits per heavy atom. The summed E-state index contributed by atoms with van der Waals surface area (Å²) in [6.07, 6.45) is 5.54. The number of carbonyl (C=O) groups excluding carboxylic acids is 1. The highest BCUT2D eigenvalue weighted by Crippen LogP contribution is 2.39. The fourth-order valence-electron chi connectivity index (χ4n) is 7.22. The molecule has 0 unspecified atom stereocenters. The number of alkyl halides is 4. The third-order valence-corrected chi connectivity index (χ3v) is 9.99. The summed E-state index contributed by atoms with van der Waals surface area (Å²) in [5.74, 6) is -0.00140. The maximum Gasteiger partial charge on any atom is 0.387 e. The van der Waals surface area contributed by atoms with Crippen molar-refractivity contribution in [1.82, 2.24) is 20.2 Å². The van der Waals surface area contributed by atoms with E-state index in [9.17, 15) is 22.4 Å². The number of ether oxygens (including phenoxy) is 3. The van der Waals surface area contributed by atoms with Crippen molar-refractivity contribution < 1.29 is 45.4 Å². The number of oxazole rings is 2. The van der Waals surface area contributed by atoms with E-state index < -0.39 is 25.2 Å². The molecule has 10 nitrogen and oxygen atoms in total. The lowest BCUT2D eigenvalue weighted by Crippen LogP contribution is -2.32. The van der Waals surface area contributed by atoms with Gasteiger partial charge in [-0.1, -0.05) is 36.4 Å². The van der Waals surface area contributed by atoms with E-state index in [2.05, 4.69) is 15.2 Å². The molecule has 0 saturated carbocycles. The highest BCUT2D eigenvalue weighted by atomic mass is 19.3. The SMILES string of the molecule is Cc1c(-c2nc3cc(COC(=O)[C@@H]4CCCN4)c(OC(F)F)cc3o2)cccc1-c1cccc(-c2nc3cc(CN4CC=CC4)c(OC(F)F)cc3o2)c1C. The Morgan fingerprint density at radius 2 is 1.33 bits per heavy atom. The number of rotatable bonds is 12. The van der Waals surface area contributed by atoms with Gasteiger partial charge in [-0.15, -0.1) is 0 Å². The number of esters is 1.